The summed E-state index contributed by atoms with van der Waals surface area (Å²) < 4.78 is 32.2. The molecule has 5 nitrogen and oxygen atoms in total. The molecule has 0 aliphatic rings. The van der Waals surface area contributed by atoms with Gasteiger partial charge in [-0.25, -0.2) is 13.1 Å². The van der Waals surface area contributed by atoms with E-state index < -0.39 is 10.0 Å². The monoisotopic (exact) mass is 292 g/mol. The number of ether oxygens (including phenoxy) is 1. The Hall–Kier alpha value is -0.470. The van der Waals surface area contributed by atoms with E-state index in [0.717, 1.165) is 4.88 Å². The number of methoxy groups -OCH3 is 1. The number of thiophene rings is 1. The predicted octanol–water partition coefficient (Wildman–Crippen LogP) is 0.953. The van der Waals surface area contributed by atoms with Crippen molar-refractivity contribution in [2.45, 2.75) is 30.0 Å². The summed E-state index contributed by atoms with van der Waals surface area (Å²) in [5.74, 6) is 0. The highest BCUT2D eigenvalue weighted by Crippen LogP contribution is 2.22. The van der Waals surface area contributed by atoms with Gasteiger partial charge in [0.1, 0.15) is 4.21 Å². The normalized spacial score (nSPS) is 13.7. The van der Waals surface area contributed by atoms with Crippen LogP contribution >= 0.6 is 11.3 Å². The van der Waals surface area contributed by atoms with E-state index in [9.17, 15) is 8.42 Å². The van der Waals surface area contributed by atoms with Crippen molar-refractivity contribution in [3.63, 3.8) is 0 Å². The van der Waals surface area contributed by atoms with E-state index >= 15 is 0 Å². The fourth-order valence-corrected chi connectivity index (χ4v) is 4.18. The van der Waals surface area contributed by atoms with Crippen LogP contribution in [0.1, 0.15) is 18.2 Å². The van der Waals surface area contributed by atoms with E-state index in [0.29, 0.717) is 30.2 Å². The minimum absolute atomic E-state index is 0.194. The Morgan fingerprint density at radius 1 is 1.50 bits per heavy atom. The van der Waals surface area contributed by atoms with Crippen molar-refractivity contribution < 1.29 is 13.2 Å². The quantitative estimate of drug-likeness (QED) is 0.747. The number of rotatable bonds is 8. The van der Waals surface area contributed by atoms with Crippen LogP contribution in [0.25, 0.3) is 0 Å². The van der Waals surface area contributed by atoms with Gasteiger partial charge in [0.25, 0.3) is 0 Å². The minimum atomic E-state index is -3.44. The van der Waals surface area contributed by atoms with Gasteiger partial charge in [-0.1, -0.05) is 6.92 Å². The average Bonchev–Trinajstić information content (AvgIpc) is 2.78. The van der Waals surface area contributed by atoms with Crippen LogP contribution in [-0.2, 0) is 21.2 Å². The lowest BCUT2D eigenvalue weighted by Crippen LogP contribution is -2.37. The smallest absolute Gasteiger partial charge is 0.250 e. The van der Waals surface area contributed by atoms with E-state index in [-0.39, 0.29) is 6.04 Å². The third-order valence-electron chi connectivity index (χ3n) is 2.48. The summed E-state index contributed by atoms with van der Waals surface area (Å²) in [6, 6.07) is 3.24. The number of nitrogens with one attached hydrogen (secondary N) is 1. The second-order valence-electron chi connectivity index (χ2n) is 3.94. The molecule has 104 valence electrons. The van der Waals surface area contributed by atoms with E-state index in [4.69, 9.17) is 10.5 Å². The Balaban J connectivity index is 2.78. The third-order valence-corrected chi connectivity index (χ3v) is 5.63. The van der Waals surface area contributed by atoms with Crippen LogP contribution in [0.15, 0.2) is 16.3 Å². The van der Waals surface area contributed by atoms with Crippen molar-refractivity contribution in [3.8, 4) is 0 Å². The molecular weight excluding hydrogens is 272 g/mol. The molecule has 0 spiro atoms. The minimum Gasteiger partial charge on any atom is -0.383 e. The van der Waals surface area contributed by atoms with Gasteiger partial charge in [0.15, 0.2) is 0 Å². The summed E-state index contributed by atoms with van der Waals surface area (Å²) in [6.07, 6.45) is 1.39. The second-order valence-corrected chi connectivity index (χ2v) is 7.05. The summed E-state index contributed by atoms with van der Waals surface area (Å²) in [6.45, 7) is 2.81. The number of hydrogen-bond donors (Lipinski definition) is 2. The SMILES string of the molecule is CCC(COC)NS(=O)(=O)c1ccc(CCN)s1. The van der Waals surface area contributed by atoms with Crippen molar-refractivity contribution in [2.75, 3.05) is 20.3 Å². The van der Waals surface area contributed by atoms with Gasteiger partial charge in [-0.3, -0.25) is 0 Å². The Labute approximate surface area is 112 Å². The molecule has 1 atom stereocenters. The molecule has 0 bridgehead atoms. The zero-order valence-electron chi connectivity index (χ0n) is 10.7. The van der Waals surface area contributed by atoms with Crippen LogP contribution in [0.5, 0.6) is 0 Å². The van der Waals surface area contributed by atoms with Crippen molar-refractivity contribution in [3.05, 3.63) is 17.0 Å². The maximum atomic E-state index is 12.1. The van der Waals surface area contributed by atoms with E-state index in [2.05, 4.69) is 4.72 Å². The fourth-order valence-electron chi connectivity index (χ4n) is 1.49. The van der Waals surface area contributed by atoms with Gasteiger partial charge in [0.05, 0.1) is 6.61 Å². The largest absolute Gasteiger partial charge is 0.383 e. The van der Waals surface area contributed by atoms with Crippen molar-refractivity contribution in [1.29, 1.82) is 0 Å². The molecule has 3 N–H and O–H groups in total. The Morgan fingerprint density at radius 2 is 2.22 bits per heavy atom. The standard InChI is InChI=1S/C11H20N2O3S2/c1-3-9(8-16-2)13-18(14,15)11-5-4-10(17-11)6-7-12/h4-5,9,13H,3,6-8,12H2,1-2H3. The predicted molar refractivity (Wildman–Crippen MR) is 73.4 cm³/mol. The van der Waals surface area contributed by atoms with Crippen molar-refractivity contribution in [1.82, 2.24) is 4.72 Å². The zero-order valence-corrected chi connectivity index (χ0v) is 12.3. The molecule has 1 aromatic rings. The number of hydrogen-bond acceptors (Lipinski definition) is 5. The van der Waals surface area contributed by atoms with Gasteiger partial charge in [-0.15, -0.1) is 11.3 Å². The number of sulfonamides is 1. The van der Waals surface area contributed by atoms with Crippen molar-refractivity contribution in [2.24, 2.45) is 5.73 Å². The van der Waals surface area contributed by atoms with Crippen molar-refractivity contribution >= 4 is 21.4 Å². The first-order chi connectivity index (χ1) is 8.53. The molecule has 0 amide bonds. The van der Waals surface area contributed by atoms with Gasteiger partial charge in [0.2, 0.25) is 10.0 Å². The second kappa shape index (κ2) is 7.20. The van der Waals surface area contributed by atoms with E-state index in [1.54, 1.807) is 13.2 Å². The highest BCUT2D eigenvalue weighted by atomic mass is 32.2. The summed E-state index contributed by atoms with van der Waals surface area (Å²) in [7, 11) is -1.89. The molecule has 1 rings (SSSR count). The van der Waals surface area contributed by atoms with Gasteiger partial charge >= 0.3 is 0 Å². The van der Waals surface area contributed by atoms with Gasteiger partial charge in [-0.05, 0) is 31.5 Å². The lowest BCUT2D eigenvalue weighted by molar-refractivity contribution is 0.173. The molecule has 0 aliphatic carbocycles. The summed E-state index contributed by atoms with van der Waals surface area (Å²) >= 11 is 1.26. The Bertz CT molecular complexity index is 457. The maximum Gasteiger partial charge on any atom is 0.250 e. The maximum absolute atomic E-state index is 12.1. The molecule has 1 aromatic heterocycles. The lowest BCUT2D eigenvalue weighted by atomic mass is 10.3. The lowest BCUT2D eigenvalue weighted by Gasteiger charge is -2.15. The third kappa shape index (κ3) is 4.33. The topological polar surface area (TPSA) is 81.4 Å². The Kier molecular flexibility index (Phi) is 6.24. The molecule has 0 aliphatic heterocycles. The molecule has 18 heavy (non-hydrogen) atoms. The highest BCUT2D eigenvalue weighted by molar-refractivity contribution is 7.91. The fraction of sp³-hybridized carbons (Fsp3) is 0.636. The molecule has 0 radical (unpaired) electrons. The summed E-state index contributed by atoms with van der Waals surface area (Å²) in [5, 5.41) is 0. The first-order valence-electron chi connectivity index (χ1n) is 5.83. The van der Waals surface area contributed by atoms with E-state index in [1.807, 2.05) is 13.0 Å². The van der Waals surface area contributed by atoms with Crippen LogP contribution in [0.3, 0.4) is 0 Å². The highest BCUT2D eigenvalue weighted by Gasteiger charge is 2.20. The molecule has 0 saturated heterocycles. The van der Waals surface area contributed by atoms with Gasteiger partial charge < -0.3 is 10.5 Å². The first-order valence-corrected chi connectivity index (χ1v) is 8.13. The molecule has 7 heteroatoms. The summed E-state index contributed by atoms with van der Waals surface area (Å²) in [5.41, 5.74) is 5.45. The van der Waals surface area contributed by atoms with Crippen LogP contribution in [0, 0.1) is 0 Å². The average molecular weight is 292 g/mol. The molecule has 0 saturated carbocycles. The molecule has 0 aromatic carbocycles. The molecule has 0 fully saturated rings. The Morgan fingerprint density at radius 3 is 2.78 bits per heavy atom. The number of nitrogens with two attached hydrogens (primary N) is 1. The molecular formula is C11H20N2O3S2. The van der Waals surface area contributed by atoms with Gasteiger partial charge in [0, 0.05) is 18.0 Å². The molecule has 1 unspecified atom stereocenters. The van der Waals surface area contributed by atoms with Crippen LogP contribution < -0.4 is 10.5 Å². The first kappa shape index (κ1) is 15.6. The summed E-state index contributed by atoms with van der Waals surface area (Å²) in [4.78, 5) is 0.984. The zero-order chi connectivity index (χ0) is 13.6. The van der Waals surface area contributed by atoms with Crippen LogP contribution in [-0.4, -0.2) is 34.7 Å². The molecule has 1 heterocycles. The van der Waals surface area contributed by atoms with Crippen LogP contribution in [0.2, 0.25) is 0 Å². The van der Waals surface area contributed by atoms with E-state index in [1.165, 1.54) is 11.3 Å². The van der Waals surface area contributed by atoms with Gasteiger partial charge in [-0.2, -0.15) is 0 Å². The van der Waals surface area contributed by atoms with Crippen LogP contribution in [0.4, 0.5) is 0 Å².